The predicted molar refractivity (Wildman–Crippen MR) is 101 cm³/mol. The van der Waals surface area contributed by atoms with Crippen LogP contribution >= 0.6 is 22.9 Å². The molecule has 2 atom stereocenters. The normalized spacial score (nSPS) is 19.3. The van der Waals surface area contributed by atoms with E-state index in [1.807, 2.05) is 0 Å². The average molecular weight is 416 g/mol. The number of anilines is 1. The number of benzene rings is 2. The Morgan fingerprint density at radius 3 is 2.36 bits per heavy atom. The molecule has 1 aliphatic rings. The molecule has 2 heterocycles. The maximum atomic E-state index is 13.2. The van der Waals surface area contributed by atoms with Crippen LogP contribution in [0.25, 0.3) is 0 Å². The summed E-state index contributed by atoms with van der Waals surface area (Å²) in [5, 5.41) is 8.30. The van der Waals surface area contributed by atoms with Crippen molar-refractivity contribution >= 4 is 45.5 Å². The molecule has 0 bridgehead atoms. The summed E-state index contributed by atoms with van der Waals surface area (Å²) in [6.07, 6.45) is 0. The first-order valence-corrected chi connectivity index (χ1v) is 9.42. The molecule has 0 N–H and O–H groups in total. The minimum Gasteiger partial charge on any atom is -0.293 e. The van der Waals surface area contributed by atoms with E-state index >= 15 is 0 Å². The van der Waals surface area contributed by atoms with Crippen molar-refractivity contribution in [3.8, 4) is 0 Å². The number of halogens is 2. The summed E-state index contributed by atoms with van der Waals surface area (Å²) >= 11 is 7.03. The van der Waals surface area contributed by atoms with Gasteiger partial charge in [-0.3, -0.25) is 19.3 Å². The number of hydrogen-bond donors (Lipinski definition) is 0. The molecular weight excluding hydrogens is 405 g/mol. The van der Waals surface area contributed by atoms with Crippen molar-refractivity contribution in [2.75, 3.05) is 4.90 Å². The van der Waals surface area contributed by atoms with E-state index in [9.17, 15) is 18.8 Å². The first-order valence-electron chi connectivity index (χ1n) is 8.16. The van der Waals surface area contributed by atoms with Gasteiger partial charge in [0.05, 0.1) is 6.04 Å². The van der Waals surface area contributed by atoms with Gasteiger partial charge < -0.3 is 0 Å². The summed E-state index contributed by atoms with van der Waals surface area (Å²) in [6.45, 7) is 0. The van der Waals surface area contributed by atoms with E-state index in [1.165, 1.54) is 22.5 Å². The lowest BCUT2D eigenvalue weighted by Gasteiger charge is -2.24. The fourth-order valence-electron chi connectivity index (χ4n) is 3.21. The number of aromatic nitrogens is 2. The molecule has 2 aromatic carbocycles. The van der Waals surface area contributed by atoms with Gasteiger partial charge in [0.1, 0.15) is 17.2 Å². The predicted octanol–water partition coefficient (Wildman–Crippen LogP) is 3.49. The molecule has 0 spiro atoms. The van der Waals surface area contributed by atoms with Crippen LogP contribution in [-0.2, 0) is 9.59 Å². The highest BCUT2D eigenvalue weighted by Crippen LogP contribution is 2.41. The molecule has 0 saturated carbocycles. The van der Waals surface area contributed by atoms with Crippen molar-refractivity contribution in [2.45, 2.75) is 6.04 Å². The van der Waals surface area contributed by atoms with Crippen LogP contribution in [0.1, 0.15) is 22.0 Å². The van der Waals surface area contributed by atoms with Gasteiger partial charge in [-0.05, 0) is 42.0 Å². The molecule has 1 aromatic heterocycles. The lowest BCUT2D eigenvalue weighted by Crippen LogP contribution is -2.30. The smallest absolute Gasteiger partial charge is 0.293 e. The number of carbonyl (C=O) groups is 3. The van der Waals surface area contributed by atoms with Crippen molar-refractivity contribution in [3.63, 3.8) is 0 Å². The molecule has 1 saturated heterocycles. The van der Waals surface area contributed by atoms with Crippen LogP contribution in [0.2, 0.25) is 5.02 Å². The third-order valence-electron chi connectivity index (χ3n) is 4.48. The Bertz CT molecular complexity index is 1060. The van der Waals surface area contributed by atoms with Crippen LogP contribution in [0.4, 0.5) is 9.52 Å². The largest absolute Gasteiger partial charge is 0.297 e. The third kappa shape index (κ3) is 3.10. The SMILES string of the molecule is O=C1C(=O)N(c2nncs2)C(c2ccc(Cl)cc2)C1C(=O)c1ccc(F)cc1. The molecule has 0 aliphatic carbocycles. The monoisotopic (exact) mass is 415 g/mol. The first-order chi connectivity index (χ1) is 13.5. The second-order valence-electron chi connectivity index (χ2n) is 6.11. The number of rotatable bonds is 4. The van der Waals surface area contributed by atoms with E-state index in [2.05, 4.69) is 10.2 Å². The lowest BCUT2D eigenvalue weighted by molar-refractivity contribution is -0.135. The van der Waals surface area contributed by atoms with E-state index in [-0.39, 0.29) is 10.7 Å². The Kier molecular flexibility index (Phi) is 4.74. The van der Waals surface area contributed by atoms with Crippen LogP contribution in [0, 0.1) is 11.7 Å². The van der Waals surface area contributed by atoms with E-state index in [0.717, 1.165) is 23.5 Å². The van der Waals surface area contributed by atoms with E-state index in [0.29, 0.717) is 10.6 Å². The van der Waals surface area contributed by atoms with Gasteiger partial charge in [-0.25, -0.2) is 4.39 Å². The number of nitrogens with zero attached hydrogens (tertiary/aromatic N) is 3. The van der Waals surface area contributed by atoms with Gasteiger partial charge in [0.25, 0.3) is 5.91 Å². The lowest BCUT2D eigenvalue weighted by atomic mass is 9.86. The zero-order valence-electron chi connectivity index (χ0n) is 14.1. The third-order valence-corrected chi connectivity index (χ3v) is 5.42. The number of carbonyl (C=O) groups excluding carboxylic acids is 3. The second kappa shape index (κ2) is 7.21. The van der Waals surface area contributed by atoms with Gasteiger partial charge in [0.15, 0.2) is 5.78 Å². The van der Waals surface area contributed by atoms with Gasteiger partial charge in [-0.2, -0.15) is 0 Å². The first kappa shape index (κ1) is 18.4. The average Bonchev–Trinajstić information content (AvgIpc) is 3.30. The Hall–Kier alpha value is -2.97. The standard InChI is InChI=1S/C19H11ClFN3O3S/c20-12-5-1-10(2-6-12)15-14(16(25)11-3-7-13(21)8-4-11)17(26)18(27)24(15)19-23-22-9-28-19/h1-9,14-15H. The van der Waals surface area contributed by atoms with Gasteiger partial charge >= 0.3 is 0 Å². The Labute approximate surface area is 167 Å². The fraction of sp³-hybridized carbons (Fsp3) is 0.105. The van der Waals surface area contributed by atoms with E-state index < -0.39 is 35.3 Å². The molecule has 1 fully saturated rings. The van der Waals surface area contributed by atoms with E-state index in [4.69, 9.17) is 11.6 Å². The molecular formula is C19H11ClFN3O3S. The number of amides is 1. The van der Waals surface area contributed by atoms with Gasteiger partial charge in [-0.1, -0.05) is 35.1 Å². The Balaban J connectivity index is 1.83. The summed E-state index contributed by atoms with van der Waals surface area (Å²) < 4.78 is 13.2. The maximum Gasteiger partial charge on any atom is 0.297 e. The van der Waals surface area contributed by atoms with Crippen LogP contribution in [0.3, 0.4) is 0 Å². The van der Waals surface area contributed by atoms with Crippen LogP contribution < -0.4 is 4.90 Å². The molecule has 28 heavy (non-hydrogen) atoms. The van der Waals surface area contributed by atoms with Gasteiger partial charge in [-0.15, -0.1) is 10.2 Å². The van der Waals surface area contributed by atoms with Crippen molar-refractivity contribution in [1.29, 1.82) is 0 Å². The second-order valence-corrected chi connectivity index (χ2v) is 7.35. The highest BCUT2D eigenvalue weighted by atomic mass is 35.5. The topological polar surface area (TPSA) is 80.2 Å². The minimum atomic E-state index is -1.29. The van der Waals surface area contributed by atoms with Crippen molar-refractivity contribution in [2.24, 2.45) is 5.92 Å². The Morgan fingerprint density at radius 2 is 1.75 bits per heavy atom. The van der Waals surface area contributed by atoms with Crippen LogP contribution in [0.5, 0.6) is 0 Å². The van der Waals surface area contributed by atoms with Crippen LogP contribution in [0.15, 0.2) is 54.0 Å². The molecule has 9 heteroatoms. The fourth-order valence-corrected chi connectivity index (χ4v) is 3.93. The summed E-state index contributed by atoms with van der Waals surface area (Å²) in [7, 11) is 0. The number of hydrogen-bond acceptors (Lipinski definition) is 6. The minimum absolute atomic E-state index is 0.144. The molecule has 1 amide bonds. The summed E-state index contributed by atoms with van der Waals surface area (Å²) in [6, 6.07) is 10.5. The van der Waals surface area contributed by atoms with Crippen molar-refractivity contribution < 1.29 is 18.8 Å². The molecule has 2 unspecified atom stereocenters. The summed E-state index contributed by atoms with van der Waals surface area (Å²) in [5.74, 6) is -4.04. The Morgan fingerprint density at radius 1 is 1.07 bits per heavy atom. The molecule has 0 radical (unpaired) electrons. The molecule has 6 nitrogen and oxygen atoms in total. The highest BCUT2D eigenvalue weighted by Gasteiger charge is 2.53. The van der Waals surface area contributed by atoms with Crippen LogP contribution in [-0.4, -0.2) is 27.7 Å². The quantitative estimate of drug-likeness (QED) is 0.370. The number of Topliss-reactive ketones (excluding diaryl/α,β-unsaturated/α-hetero) is 2. The molecule has 4 rings (SSSR count). The molecule has 140 valence electrons. The zero-order chi connectivity index (χ0) is 19.8. The zero-order valence-corrected chi connectivity index (χ0v) is 15.7. The maximum absolute atomic E-state index is 13.2. The summed E-state index contributed by atoms with van der Waals surface area (Å²) in [5.41, 5.74) is 2.13. The van der Waals surface area contributed by atoms with Gasteiger partial charge in [0, 0.05) is 10.6 Å². The summed E-state index contributed by atoms with van der Waals surface area (Å²) in [4.78, 5) is 39.8. The highest BCUT2D eigenvalue weighted by molar-refractivity contribution is 7.13. The van der Waals surface area contributed by atoms with Gasteiger partial charge in [0.2, 0.25) is 10.9 Å². The van der Waals surface area contributed by atoms with Crippen molar-refractivity contribution in [1.82, 2.24) is 10.2 Å². The van der Waals surface area contributed by atoms with Crippen molar-refractivity contribution in [3.05, 3.63) is 76.0 Å². The molecule has 1 aliphatic heterocycles. The number of ketones is 2. The molecule has 3 aromatic rings. The van der Waals surface area contributed by atoms with E-state index in [1.54, 1.807) is 24.3 Å².